The Morgan fingerprint density at radius 3 is 2.38 bits per heavy atom. The van der Waals surface area contributed by atoms with E-state index in [1.165, 1.54) is 5.56 Å². The molecule has 32 heavy (non-hydrogen) atoms. The van der Waals surface area contributed by atoms with Crippen molar-refractivity contribution < 1.29 is 18.8 Å². The lowest BCUT2D eigenvalue weighted by atomic mass is 9.95. The van der Waals surface area contributed by atoms with Crippen molar-refractivity contribution >= 4 is 5.97 Å². The van der Waals surface area contributed by atoms with Crippen LogP contribution in [0.5, 0.6) is 0 Å². The Balaban J connectivity index is 1.33. The quantitative estimate of drug-likeness (QED) is 0.375. The lowest BCUT2D eigenvalue weighted by Crippen LogP contribution is -2.14. The Morgan fingerprint density at radius 2 is 1.72 bits per heavy atom. The fourth-order valence-electron chi connectivity index (χ4n) is 3.77. The highest BCUT2D eigenvalue weighted by Gasteiger charge is 2.23. The topological polar surface area (TPSA) is 89.4 Å². The van der Waals surface area contributed by atoms with Crippen molar-refractivity contribution in [3.8, 4) is 11.5 Å². The van der Waals surface area contributed by atoms with Crippen LogP contribution in [-0.4, -0.2) is 21.2 Å². The molecule has 6 heteroatoms. The van der Waals surface area contributed by atoms with E-state index in [9.17, 15) is 9.90 Å². The third-order valence-corrected chi connectivity index (χ3v) is 5.56. The summed E-state index contributed by atoms with van der Waals surface area (Å²) in [7, 11) is 0. The highest BCUT2D eigenvalue weighted by atomic mass is 16.5. The summed E-state index contributed by atoms with van der Waals surface area (Å²) in [4.78, 5) is 16.4. The number of carboxylic acid groups (broad SMARTS) is 1. The van der Waals surface area contributed by atoms with Crippen molar-refractivity contribution in [3.63, 3.8) is 0 Å². The molecular formula is C26H26N2O4. The maximum Gasteiger partial charge on any atom is 0.313 e. The number of carboxylic acids is 1. The molecule has 1 atom stereocenters. The third kappa shape index (κ3) is 5.14. The van der Waals surface area contributed by atoms with Gasteiger partial charge in [-0.3, -0.25) is 4.79 Å². The summed E-state index contributed by atoms with van der Waals surface area (Å²) in [5.74, 6) is 0.520. The molecule has 1 N–H and O–H groups in total. The van der Waals surface area contributed by atoms with Crippen LogP contribution in [0.25, 0.3) is 11.5 Å². The Hall–Kier alpha value is -3.67. The molecular weight excluding hydrogens is 404 g/mol. The van der Waals surface area contributed by atoms with E-state index in [1.807, 2.05) is 49.4 Å². The number of hydrogen-bond donors (Lipinski definition) is 1. The first-order valence-electron chi connectivity index (χ1n) is 10.7. The summed E-state index contributed by atoms with van der Waals surface area (Å²) in [6, 6.07) is 19.7. The maximum absolute atomic E-state index is 11.7. The first kappa shape index (κ1) is 21.6. The molecule has 2 aromatic heterocycles. The van der Waals surface area contributed by atoms with Crippen LogP contribution >= 0.6 is 0 Å². The minimum atomic E-state index is -0.903. The molecule has 6 nitrogen and oxygen atoms in total. The number of oxazole rings is 1. The monoisotopic (exact) mass is 430 g/mol. The second kappa shape index (κ2) is 9.64. The van der Waals surface area contributed by atoms with Crippen LogP contribution in [0.3, 0.4) is 0 Å². The van der Waals surface area contributed by atoms with E-state index in [0.717, 1.165) is 41.8 Å². The van der Waals surface area contributed by atoms with Gasteiger partial charge in [0.25, 0.3) is 0 Å². The van der Waals surface area contributed by atoms with Gasteiger partial charge < -0.3 is 14.0 Å². The van der Waals surface area contributed by atoms with Gasteiger partial charge in [0.2, 0.25) is 5.89 Å². The van der Waals surface area contributed by atoms with Crippen molar-refractivity contribution in [3.05, 3.63) is 94.7 Å². The fraction of sp³-hybridized carbons (Fsp3) is 0.269. The normalized spacial score (nSPS) is 12.1. The molecule has 164 valence electrons. The zero-order valence-corrected chi connectivity index (χ0v) is 18.2. The van der Waals surface area contributed by atoms with Gasteiger partial charge in [-0.25, -0.2) is 4.98 Å². The van der Waals surface area contributed by atoms with Crippen LogP contribution in [-0.2, 0) is 24.1 Å². The van der Waals surface area contributed by atoms with E-state index in [4.69, 9.17) is 8.94 Å². The lowest BCUT2D eigenvalue weighted by molar-refractivity contribution is -0.138. The summed E-state index contributed by atoms with van der Waals surface area (Å²) in [5.41, 5.74) is 4.60. The second-order valence-electron chi connectivity index (χ2n) is 8.02. The van der Waals surface area contributed by atoms with E-state index in [-0.39, 0.29) is 0 Å². The van der Waals surface area contributed by atoms with Crippen molar-refractivity contribution in [2.75, 3.05) is 0 Å². The summed E-state index contributed by atoms with van der Waals surface area (Å²) in [5, 5.41) is 13.5. The smallest absolute Gasteiger partial charge is 0.313 e. The number of benzene rings is 2. The molecule has 0 aliphatic carbocycles. The van der Waals surface area contributed by atoms with Crippen molar-refractivity contribution in [1.82, 2.24) is 10.1 Å². The van der Waals surface area contributed by atoms with Gasteiger partial charge >= 0.3 is 5.97 Å². The molecule has 0 spiro atoms. The summed E-state index contributed by atoms with van der Waals surface area (Å²) >= 11 is 0. The van der Waals surface area contributed by atoms with Crippen LogP contribution in [0, 0.1) is 13.8 Å². The molecule has 0 aliphatic rings. The molecule has 0 aliphatic heterocycles. The van der Waals surface area contributed by atoms with Crippen molar-refractivity contribution in [2.24, 2.45) is 0 Å². The van der Waals surface area contributed by atoms with Gasteiger partial charge in [-0.05, 0) is 62.8 Å². The first-order chi connectivity index (χ1) is 15.5. The van der Waals surface area contributed by atoms with Gasteiger partial charge in [0.15, 0.2) is 0 Å². The molecule has 0 amide bonds. The number of hydrogen-bond acceptors (Lipinski definition) is 5. The van der Waals surface area contributed by atoms with Crippen LogP contribution in [0.4, 0.5) is 0 Å². The SMILES string of the molecule is Cc1cc(C(Cc2ccc(CCCc3nc(-c4ccccc4)oc3C)cc2)C(=O)O)no1. The minimum absolute atomic E-state index is 0.377. The van der Waals surface area contributed by atoms with Gasteiger partial charge in [-0.1, -0.05) is 47.6 Å². The summed E-state index contributed by atoms with van der Waals surface area (Å²) in [6.45, 7) is 3.71. The largest absolute Gasteiger partial charge is 0.481 e. The number of aliphatic carboxylic acids is 1. The van der Waals surface area contributed by atoms with E-state index >= 15 is 0 Å². The number of rotatable bonds is 9. The van der Waals surface area contributed by atoms with Gasteiger partial charge in [0, 0.05) is 11.6 Å². The molecule has 0 fully saturated rings. The molecule has 0 saturated heterocycles. The Morgan fingerprint density at radius 1 is 1.00 bits per heavy atom. The average molecular weight is 431 g/mol. The third-order valence-electron chi connectivity index (χ3n) is 5.56. The molecule has 2 aromatic carbocycles. The van der Waals surface area contributed by atoms with E-state index in [0.29, 0.717) is 23.8 Å². The van der Waals surface area contributed by atoms with Crippen LogP contribution < -0.4 is 0 Å². The predicted molar refractivity (Wildman–Crippen MR) is 120 cm³/mol. The highest BCUT2D eigenvalue weighted by Crippen LogP contribution is 2.24. The van der Waals surface area contributed by atoms with Crippen LogP contribution in [0.15, 0.2) is 69.6 Å². The summed E-state index contributed by atoms with van der Waals surface area (Å²) in [6.07, 6.45) is 3.09. The molecule has 1 unspecified atom stereocenters. The number of nitrogens with zero attached hydrogens (tertiary/aromatic N) is 2. The predicted octanol–water partition coefficient (Wildman–Crippen LogP) is 5.53. The van der Waals surface area contributed by atoms with Crippen LogP contribution in [0.1, 0.15) is 46.4 Å². The molecule has 2 heterocycles. The van der Waals surface area contributed by atoms with E-state index in [2.05, 4.69) is 22.3 Å². The maximum atomic E-state index is 11.7. The van der Waals surface area contributed by atoms with E-state index < -0.39 is 11.9 Å². The van der Waals surface area contributed by atoms with Crippen molar-refractivity contribution in [2.45, 2.75) is 45.4 Å². The standard InChI is InChI=1S/C26H26N2O4/c1-17-15-24(28-32-17)22(26(29)30)16-20-13-11-19(12-14-20)7-6-10-23-18(2)31-25(27-23)21-8-4-3-5-9-21/h3-5,8-9,11-15,22H,6-7,10,16H2,1-2H3,(H,29,30). The Labute approximate surface area is 186 Å². The lowest BCUT2D eigenvalue weighted by Gasteiger charge is -2.10. The van der Waals surface area contributed by atoms with Gasteiger partial charge in [-0.2, -0.15) is 0 Å². The van der Waals surface area contributed by atoms with E-state index in [1.54, 1.807) is 13.0 Å². The zero-order valence-electron chi connectivity index (χ0n) is 18.2. The van der Waals surface area contributed by atoms with Gasteiger partial charge in [-0.15, -0.1) is 0 Å². The molecule has 0 radical (unpaired) electrons. The zero-order chi connectivity index (χ0) is 22.5. The molecule has 4 rings (SSSR count). The Bertz CT molecular complexity index is 1180. The molecule has 0 bridgehead atoms. The molecule has 0 saturated carbocycles. The van der Waals surface area contributed by atoms with Crippen molar-refractivity contribution in [1.29, 1.82) is 0 Å². The van der Waals surface area contributed by atoms with Crippen LogP contribution in [0.2, 0.25) is 0 Å². The number of aryl methyl sites for hydroxylation is 4. The summed E-state index contributed by atoms with van der Waals surface area (Å²) < 4.78 is 10.9. The van der Waals surface area contributed by atoms with Gasteiger partial charge in [0.05, 0.1) is 11.4 Å². The fourth-order valence-corrected chi connectivity index (χ4v) is 3.77. The first-order valence-corrected chi connectivity index (χ1v) is 10.7. The number of carbonyl (C=O) groups is 1. The molecule has 4 aromatic rings. The Kier molecular flexibility index (Phi) is 6.50. The average Bonchev–Trinajstić information content (AvgIpc) is 3.39. The highest BCUT2D eigenvalue weighted by molar-refractivity contribution is 5.75. The second-order valence-corrected chi connectivity index (χ2v) is 8.02. The minimum Gasteiger partial charge on any atom is -0.481 e. The van der Waals surface area contributed by atoms with Gasteiger partial charge in [0.1, 0.15) is 17.4 Å². The number of aromatic nitrogens is 2.